The van der Waals surface area contributed by atoms with Crippen LogP contribution in [0.4, 0.5) is 0 Å². The third-order valence-corrected chi connectivity index (χ3v) is 3.85. The van der Waals surface area contributed by atoms with E-state index in [0.717, 1.165) is 13.1 Å². The maximum absolute atomic E-state index is 12.2. The molecule has 0 atom stereocenters. The number of piperidine rings is 1. The third-order valence-electron chi connectivity index (χ3n) is 3.61. The highest BCUT2D eigenvalue weighted by molar-refractivity contribution is 6.31. The number of likely N-dealkylation sites (tertiary alicyclic amines) is 1. The Morgan fingerprint density at radius 3 is 2.75 bits per heavy atom. The Morgan fingerprint density at radius 1 is 1.50 bits per heavy atom. The van der Waals surface area contributed by atoms with Crippen molar-refractivity contribution >= 4 is 17.5 Å². The topological polar surface area (TPSA) is 76.4 Å². The number of phenols is 1. The lowest BCUT2D eigenvalue weighted by Gasteiger charge is -2.36. The summed E-state index contributed by atoms with van der Waals surface area (Å²) in [6.07, 6.45) is 1.13. The fourth-order valence-electron chi connectivity index (χ4n) is 2.24. The van der Waals surface area contributed by atoms with E-state index in [0.29, 0.717) is 17.9 Å². The average molecular weight is 294 g/mol. The van der Waals surface area contributed by atoms with Gasteiger partial charge in [-0.1, -0.05) is 11.6 Å². The van der Waals surface area contributed by atoms with Crippen LogP contribution in [0.5, 0.6) is 5.75 Å². The van der Waals surface area contributed by atoms with Crippen molar-refractivity contribution in [2.45, 2.75) is 18.4 Å². The molecule has 6 heteroatoms. The smallest absolute Gasteiger partial charge is 0.256 e. The summed E-state index contributed by atoms with van der Waals surface area (Å²) in [5.41, 5.74) is -0.788. The quantitative estimate of drug-likeness (QED) is 0.871. The van der Waals surface area contributed by atoms with Crippen molar-refractivity contribution in [2.75, 3.05) is 20.1 Å². The Bertz CT molecular complexity index is 560. The van der Waals surface area contributed by atoms with Crippen LogP contribution in [0.25, 0.3) is 0 Å². The first-order valence-corrected chi connectivity index (χ1v) is 6.74. The van der Waals surface area contributed by atoms with Gasteiger partial charge in [-0.2, -0.15) is 5.26 Å². The minimum absolute atomic E-state index is 0.0889. The van der Waals surface area contributed by atoms with E-state index < -0.39 is 11.4 Å². The second-order valence-corrected chi connectivity index (χ2v) is 5.55. The average Bonchev–Trinajstić information content (AvgIpc) is 2.44. The highest BCUT2D eigenvalue weighted by Gasteiger charge is 2.35. The standard InChI is InChI=1S/C14H16ClN3O2/c1-18-6-4-14(9-16,5-7-18)17-13(20)11-8-10(15)2-3-12(11)19/h2-3,8,19H,4-7H2,1H3,(H,17,20). The lowest BCUT2D eigenvalue weighted by Crippen LogP contribution is -2.53. The lowest BCUT2D eigenvalue weighted by atomic mass is 9.89. The molecule has 0 bridgehead atoms. The van der Waals surface area contributed by atoms with Gasteiger partial charge in [0.15, 0.2) is 0 Å². The Hall–Kier alpha value is -1.77. The van der Waals surface area contributed by atoms with E-state index in [9.17, 15) is 15.2 Å². The van der Waals surface area contributed by atoms with Gasteiger partial charge in [0.25, 0.3) is 5.91 Å². The zero-order valence-corrected chi connectivity index (χ0v) is 11.9. The normalized spacial score (nSPS) is 18.2. The molecule has 0 radical (unpaired) electrons. The number of hydrogen-bond donors (Lipinski definition) is 2. The minimum Gasteiger partial charge on any atom is -0.507 e. The number of carbonyl (C=O) groups is 1. The van der Waals surface area contributed by atoms with Crippen molar-refractivity contribution in [3.8, 4) is 11.8 Å². The van der Waals surface area contributed by atoms with Gasteiger partial charge in [0.05, 0.1) is 11.6 Å². The second kappa shape index (κ2) is 5.70. The summed E-state index contributed by atoms with van der Waals surface area (Å²) in [6, 6.07) is 6.46. The molecular weight excluding hydrogens is 278 g/mol. The number of nitrogens with zero attached hydrogens (tertiary/aromatic N) is 2. The molecule has 1 aliphatic rings. The molecule has 0 saturated carbocycles. The van der Waals surface area contributed by atoms with Crippen LogP contribution in [-0.4, -0.2) is 41.6 Å². The summed E-state index contributed by atoms with van der Waals surface area (Å²) in [7, 11) is 1.98. The summed E-state index contributed by atoms with van der Waals surface area (Å²) < 4.78 is 0. The zero-order chi connectivity index (χ0) is 14.8. The highest BCUT2D eigenvalue weighted by Crippen LogP contribution is 2.25. The van der Waals surface area contributed by atoms with Gasteiger partial charge in [0, 0.05) is 18.1 Å². The number of amides is 1. The van der Waals surface area contributed by atoms with E-state index in [4.69, 9.17) is 11.6 Å². The van der Waals surface area contributed by atoms with Gasteiger partial charge >= 0.3 is 0 Å². The fourth-order valence-corrected chi connectivity index (χ4v) is 2.41. The molecule has 0 aromatic heterocycles. The summed E-state index contributed by atoms with van der Waals surface area (Å²) >= 11 is 5.83. The molecule has 1 saturated heterocycles. The van der Waals surface area contributed by atoms with Crippen LogP contribution in [0, 0.1) is 11.3 Å². The van der Waals surface area contributed by atoms with Crippen molar-refractivity contribution in [1.82, 2.24) is 10.2 Å². The fraction of sp³-hybridized carbons (Fsp3) is 0.429. The van der Waals surface area contributed by atoms with Gasteiger partial charge in [0.1, 0.15) is 11.3 Å². The van der Waals surface area contributed by atoms with Gasteiger partial charge in [-0.25, -0.2) is 0 Å². The predicted octanol–water partition coefficient (Wildman–Crippen LogP) is 1.76. The van der Waals surface area contributed by atoms with E-state index in [1.165, 1.54) is 18.2 Å². The molecule has 1 amide bonds. The summed E-state index contributed by atoms with van der Waals surface area (Å²) in [6.45, 7) is 1.49. The zero-order valence-electron chi connectivity index (χ0n) is 11.2. The number of benzene rings is 1. The monoisotopic (exact) mass is 293 g/mol. The SMILES string of the molecule is CN1CCC(C#N)(NC(=O)c2cc(Cl)ccc2O)CC1. The number of nitriles is 1. The van der Waals surface area contributed by atoms with E-state index in [1.807, 2.05) is 7.05 Å². The molecule has 1 fully saturated rings. The molecule has 2 N–H and O–H groups in total. The number of phenolic OH excluding ortho intramolecular Hbond substituents is 1. The van der Waals surface area contributed by atoms with Crippen molar-refractivity contribution in [3.05, 3.63) is 28.8 Å². The molecule has 1 aliphatic heterocycles. The second-order valence-electron chi connectivity index (χ2n) is 5.11. The van der Waals surface area contributed by atoms with Crippen LogP contribution < -0.4 is 5.32 Å². The lowest BCUT2D eigenvalue weighted by molar-refractivity contribution is 0.0879. The first-order chi connectivity index (χ1) is 9.46. The molecule has 0 aliphatic carbocycles. The van der Waals surface area contributed by atoms with Gasteiger partial charge in [-0.15, -0.1) is 0 Å². The van der Waals surface area contributed by atoms with Gasteiger partial charge < -0.3 is 15.3 Å². The third kappa shape index (κ3) is 3.03. The molecule has 0 unspecified atom stereocenters. The van der Waals surface area contributed by atoms with E-state index >= 15 is 0 Å². The van der Waals surface area contributed by atoms with Crippen molar-refractivity contribution < 1.29 is 9.90 Å². The molecule has 1 aromatic rings. The minimum atomic E-state index is -0.877. The first kappa shape index (κ1) is 14.6. The number of hydrogen-bond acceptors (Lipinski definition) is 4. The molecule has 5 nitrogen and oxygen atoms in total. The summed E-state index contributed by atoms with van der Waals surface area (Å²) in [5, 5.41) is 22.2. The van der Waals surface area contributed by atoms with Gasteiger partial charge in [-0.3, -0.25) is 4.79 Å². The summed E-state index contributed by atoms with van der Waals surface area (Å²) in [5.74, 6) is -0.621. The van der Waals surface area contributed by atoms with E-state index in [-0.39, 0.29) is 11.3 Å². The molecular formula is C14H16ClN3O2. The first-order valence-electron chi connectivity index (χ1n) is 6.37. The molecule has 2 rings (SSSR count). The van der Waals surface area contributed by atoms with Crippen molar-refractivity contribution in [1.29, 1.82) is 5.26 Å². The number of rotatable bonds is 2. The van der Waals surface area contributed by atoms with Crippen LogP contribution in [0.2, 0.25) is 5.02 Å². The number of aromatic hydroxyl groups is 1. The van der Waals surface area contributed by atoms with Crippen LogP contribution in [-0.2, 0) is 0 Å². The molecule has 0 spiro atoms. The number of nitrogens with one attached hydrogen (secondary N) is 1. The molecule has 106 valence electrons. The van der Waals surface area contributed by atoms with Crippen LogP contribution in [0.15, 0.2) is 18.2 Å². The number of halogens is 1. The molecule has 20 heavy (non-hydrogen) atoms. The molecule has 1 heterocycles. The van der Waals surface area contributed by atoms with Gasteiger partial charge in [0.2, 0.25) is 0 Å². The van der Waals surface area contributed by atoms with Crippen molar-refractivity contribution in [2.24, 2.45) is 0 Å². The predicted molar refractivity (Wildman–Crippen MR) is 75.7 cm³/mol. The van der Waals surface area contributed by atoms with Crippen LogP contribution >= 0.6 is 11.6 Å². The Kier molecular flexibility index (Phi) is 4.17. The maximum atomic E-state index is 12.2. The summed E-state index contributed by atoms with van der Waals surface area (Å²) in [4.78, 5) is 14.3. The molecule has 1 aromatic carbocycles. The van der Waals surface area contributed by atoms with E-state index in [2.05, 4.69) is 16.3 Å². The highest BCUT2D eigenvalue weighted by atomic mass is 35.5. The maximum Gasteiger partial charge on any atom is 0.256 e. The Morgan fingerprint density at radius 2 is 2.15 bits per heavy atom. The number of carbonyl (C=O) groups excluding carboxylic acids is 1. The Balaban J connectivity index is 2.18. The van der Waals surface area contributed by atoms with Crippen molar-refractivity contribution in [3.63, 3.8) is 0 Å². The van der Waals surface area contributed by atoms with Gasteiger partial charge in [-0.05, 0) is 38.1 Å². The van der Waals surface area contributed by atoms with Crippen LogP contribution in [0.3, 0.4) is 0 Å². The Labute approximate surface area is 122 Å². The largest absolute Gasteiger partial charge is 0.507 e. The van der Waals surface area contributed by atoms with Crippen LogP contribution in [0.1, 0.15) is 23.2 Å². The van der Waals surface area contributed by atoms with E-state index in [1.54, 1.807) is 0 Å².